The van der Waals surface area contributed by atoms with Gasteiger partial charge in [-0.15, -0.1) is 0 Å². The Bertz CT molecular complexity index is 1180. The number of benzene rings is 2. The van der Waals surface area contributed by atoms with Crippen LogP contribution in [0.4, 0.5) is 0 Å². The largest absolute Gasteiger partial charge is 0.245 e. The summed E-state index contributed by atoms with van der Waals surface area (Å²) in [6, 6.07) is 9.42. The fourth-order valence-corrected chi connectivity index (χ4v) is 2.57. The van der Waals surface area contributed by atoms with Gasteiger partial charge in [0.15, 0.2) is 0 Å². The first-order chi connectivity index (χ1) is 12.4. The minimum atomic E-state index is -0.416. The quantitative estimate of drug-likeness (QED) is 0.351. The van der Waals surface area contributed by atoms with E-state index in [0.717, 1.165) is 10.8 Å². The topological polar surface area (TPSA) is 25.8 Å². The first-order valence-electron chi connectivity index (χ1n) is 8.82. The SMILES string of the molecule is [2H]c1c([2H])c([2H])c(-c2ccc3ccc4ccc(Br)nc4c3n2)c([2H])c1[2H]. The number of hydrogen-bond donors (Lipinski definition) is 0. The van der Waals surface area contributed by atoms with Crippen molar-refractivity contribution in [1.29, 1.82) is 0 Å². The Morgan fingerprint density at radius 1 is 0.762 bits per heavy atom. The van der Waals surface area contributed by atoms with Crippen molar-refractivity contribution in [3.8, 4) is 11.3 Å². The zero-order valence-electron chi connectivity index (χ0n) is 15.7. The zero-order valence-corrected chi connectivity index (χ0v) is 12.3. The molecule has 0 radical (unpaired) electrons. The molecule has 0 fully saturated rings. The smallest absolute Gasteiger partial charge is 0.106 e. The monoisotopic (exact) mass is 339 g/mol. The van der Waals surface area contributed by atoms with Gasteiger partial charge in [-0.05, 0) is 28.1 Å². The van der Waals surface area contributed by atoms with Crippen molar-refractivity contribution in [2.24, 2.45) is 0 Å². The molecule has 0 N–H and O–H groups in total. The highest BCUT2D eigenvalue weighted by atomic mass is 79.9. The summed E-state index contributed by atoms with van der Waals surface area (Å²) in [5.74, 6) is 0. The van der Waals surface area contributed by atoms with Crippen molar-refractivity contribution < 1.29 is 6.85 Å². The molecule has 0 spiro atoms. The number of fused-ring (bicyclic) bond motifs is 3. The molecule has 21 heavy (non-hydrogen) atoms. The van der Waals surface area contributed by atoms with Crippen LogP contribution in [0.2, 0.25) is 0 Å². The van der Waals surface area contributed by atoms with Crippen molar-refractivity contribution >= 4 is 37.7 Å². The summed E-state index contributed by atoms with van der Waals surface area (Å²) < 4.78 is 40.4. The molecular weight excluding hydrogens is 324 g/mol. The fraction of sp³-hybridized carbons (Fsp3) is 0. The molecule has 0 amide bonds. The van der Waals surface area contributed by atoms with E-state index in [-0.39, 0.29) is 29.7 Å². The second-order valence-corrected chi connectivity index (χ2v) is 5.35. The molecule has 4 aromatic rings. The molecule has 0 bridgehead atoms. The number of nitrogens with zero attached hydrogens (tertiary/aromatic N) is 2. The Morgan fingerprint density at radius 3 is 2.14 bits per heavy atom. The minimum absolute atomic E-state index is 0.0879. The summed E-state index contributed by atoms with van der Waals surface area (Å²) in [7, 11) is 0. The average molecular weight is 340 g/mol. The van der Waals surface area contributed by atoms with Gasteiger partial charge < -0.3 is 0 Å². The van der Waals surface area contributed by atoms with Crippen LogP contribution >= 0.6 is 15.9 Å². The van der Waals surface area contributed by atoms with Gasteiger partial charge in [0.1, 0.15) is 4.60 Å². The van der Waals surface area contributed by atoms with Crippen molar-refractivity contribution in [3.05, 3.63) is 71.2 Å². The predicted octanol–water partition coefficient (Wildman–Crippen LogP) is 5.21. The van der Waals surface area contributed by atoms with E-state index < -0.39 is 6.04 Å². The van der Waals surface area contributed by atoms with Gasteiger partial charge >= 0.3 is 0 Å². The molecule has 2 nitrogen and oxygen atoms in total. The van der Waals surface area contributed by atoms with Crippen molar-refractivity contribution in [1.82, 2.24) is 9.97 Å². The highest BCUT2D eigenvalue weighted by Crippen LogP contribution is 2.27. The summed E-state index contributed by atoms with van der Waals surface area (Å²) in [5, 5.41) is 1.77. The number of pyridine rings is 2. The lowest BCUT2D eigenvalue weighted by molar-refractivity contribution is 1.34. The molecular formula is C18H11BrN2. The van der Waals surface area contributed by atoms with Gasteiger partial charge in [0.25, 0.3) is 0 Å². The molecule has 0 saturated carbocycles. The van der Waals surface area contributed by atoms with Crippen LogP contribution in [-0.4, -0.2) is 9.97 Å². The fourth-order valence-electron chi connectivity index (χ4n) is 2.26. The van der Waals surface area contributed by atoms with E-state index in [2.05, 4.69) is 25.9 Å². The third-order valence-electron chi connectivity index (χ3n) is 3.24. The van der Waals surface area contributed by atoms with Crippen LogP contribution in [0.5, 0.6) is 0 Å². The molecule has 100 valence electrons. The van der Waals surface area contributed by atoms with Crippen LogP contribution < -0.4 is 0 Å². The van der Waals surface area contributed by atoms with Crippen molar-refractivity contribution in [2.45, 2.75) is 0 Å². The number of halogens is 1. The Hall–Kier alpha value is -2.26. The molecule has 2 heterocycles. The van der Waals surface area contributed by atoms with Gasteiger partial charge in [-0.2, -0.15) is 0 Å². The van der Waals surface area contributed by atoms with Crippen LogP contribution in [0.25, 0.3) is 33.1 Å². The van der Waals surface area contributed by atoms with Gasteiger partial charge in [-0.3, -0.25) is 0 Å². The van der Waals surface area contributed by atoms with E-state index in [1.54, 1.807) is 6.07 Å². The van der Waals surface area contributed by atoms with Crippen LogP contribution in [0.1, 0.15) is 6.85 Å². The maximum Gasteiger partial charge on any atom is 0.106 e. The Balaban J connectivity index is 2.08. The van der Waals surface area contributed by atoms with E-state index in [9.17, 15) is 0 Å². The van der Waals surface area contributed by atoms with Crippen LogP contribution in [0.3, 0.4) is 0 Å². The Labute approximate surface area is 137 Å². The molecule has 2 aromatic carbocycles. The summed E-state index contributed by atoms with van der Waals surface area (Å²) in [6.07, 6.45) is 0. The molecule has 0 saturated heterocycles. The number of aromatic nitrogens is 2. The van der Waals surface area contributed by atoms with Gasteiger partial charge in [0.2, 0.25) is 0 Å². The third-order valence-corrected chi connectivity index (χ3v) is 3.68. The van der Waals surface area contributed by atoms with Gasteiger partial charge in [0, 0.05) is 16.3 Å². The molecule has 0 aliphatic rings. The number of hydrogen-bond acceptors (Lipinski definition) is 2. The summed E-state index contributed by atoms with van der Waals surface area (Å²) in [5.41, 5.74) is 1.72. The van der Waals surface area contributed by atoms with Gasteiger partial charge in [-0.1, -0.05) is 54.5 Å². The molecule has 3 heteroatoms. The Morgan fingerprint density at radius 2 is 1.38 bits per heavy atom. The van der Waals surface area contributed by atoms with Crippen LogP contribution in [0, 0.1) is 0 Å². The first kappa shape index (κ1) is 8.25. The highest BCUT2D eigenvalue weighted by Gasteiger charge is 2.06. The van der Waals surface area contributed by atoms with Crippen LogP contribution in [0.15, 0.2) is 71.2 Å². The summed E-state index contributed by atoms with van der Waals surface area (Å²) in [6.45, 7) is 0. The van der Waals surface area contributed by atoms with Crippen molar-refractivity contribution in [3.63, 3.8) is 0 Å². The molecule has 2 aromatic heterocycles. The predicted molar refractivity (Wildman–Crippen MR) is 90.2 cm³/mol. The maximum atomic E-state index is 8.14. The highest BCUT2D eigenvalue weighted by molar-refractivity contribution is 9.10. The van der Waals surface area contributed by atoms with Gasteiger partial charge in [0.05, 0.1) is 23.6 Å². The van der Waals surface area contributed by atoms with Gasteiger partial charge in [-0.25, -0.2) is 9.97 Å². The zero-order chi connectivity index (χ0) is 18.6. The third kappa shape index (κ3) is 2.20. The second-order valence-electron chi connectivity index (χ2n) is 4.54. The second kappa shape index (κ2) is 4.93. The van der Waals surface area contributed by atoms with Crippen LogP contribution in [-0.2, 0) is 0 Å². The standard InChI is InChI=1S/C18H11BrN2/c19-16-11-9-14-7-6-13-8-10-15(12-4-2-1-3-5-12)20-17(13)18(14)21-16/h1-11H/i1D,2D,3D,4D,5D. The molecule has 4 rings (SSSR count). The Kier molecular flexibility index (Phi) is 1.94. The molecule has 0 aliphatic carbocycles. The lowest BCUT2D eigenvalue weighted by atomic mass is 10.1. The normalized spacial score (nSPS) is 14.4. The summed E-state index contributed by atoms with van der Waals surface area (Å²) in [4.78, 5) is 9.09. The molecule has 0 aliphatic heterocycles. The lowest BCUT2D eigenvalue weighted by Gasteiger charge is -2.06. The minimum Gasteiger partial charge on any atom is -0.245 e. The number of rotatable bonds is 1. The lowest BCUT2D eigenvalue weighted by Crippen LogP contribution is -1.89. The maximum absolute atomic E-state index is 8.14. The first-order valence-corrected chi connectivity index (χ1v) is 7.11. The molecule has 0 atom stereocenters. The van der Waals surface area contributed by atoms with E-state index in [4.69, 9.17) is 6.85 Å². The summed E-state index contributed by atoms with van der Waals surface area (Å²) >= 11 is 3.36. The van der Waals surface area contributed by atoms with E-state index in [1.165, 1.54) is 0 Å². The van der Waals surface area contributed by atoms with Crippen molar-refractivity contribution in [2.75, 3.05) is 0 Å². The van der Waals surface area contributed by atoms with E-state index >= 15 is 0 Å². The molecule has 0 unspecified atom stereocenters. The average Bonchev–Trinajstić information content (AvgIpc) is 2.65. The van der Waals surface area contributed by atoms with E-state index in [0.29, 0.717) is 21.3 Å². The van der Waals surface area contributed by atoms with E-state index in [1.807, 2.05) is 30.3 Å².